The monoisotopic (exact) mass is 423 g/mol. The zero-order valence-corrected chi connectivity index (χ0v) is 18.1. The first-order valence-corrected chi connectivity index (χ1v) is 11.1. The maximum atomic E-state index is 13.1. The fourth-order valence-corrected chi connectivity index (χ4v) is 4.41. The molecule has 1 aromatic heterocycles. The van der Waals surface area contributed by atoms with Crippen LogP contribution in [0.25, 0.3) is 0 Å². The van der Waals surface area contributed by atoms with Crippen molar-refractivity contribution in [2.75, 3.05) is 6.54 Å². The minimum absolute atomic E-state index is 0.146. The predicted octanol–water partition coefficient (Wildman–Crippen LogP) is 2.37. The predicted molar refractivity (Wildman–Crippen MR) is 114 cm³/mol. The second-order valence-electron chi connectivity index (χ2n) is 8.71. The van der Waals surface area contributed by atoms with Gasteiger partial charge < -0.3 is 9.88 Å². The first-order chi connectivity index (χ1) is 15.0. The molecule has 8 nitrogen and oxygen atoms in total. The number of nitrogens with one attached hydrogen (secondary N) is 1. The molecule has 0 bridgehead atoms. The van der Waals surface area contributed by atoms with Crippen molar-refractivity contribution in [1.82, 2.24) is 25.0 Å². The number of hydrogen-bond donors (Lipinski definition) is 1. The quantitative estimate of drug-likeness (QED) is 0.690. The van der Waals surface area contributed by atoms with Gasteiger partial charge in [0.1, 0.15) is 17.7 Å². The van der Waals surface area contributed by atoms with Crippen molar-refractivity contribution < 1.29 is 14.4 Å². The van der Waals surface area contributed by atoms with E-state index in [1.807, 2.05) is 13.8 Å². The maximum Gasteiger partial charge on any atom is 0.262 e. The second kappa shape index (κ2) is 8.99. The number of aromatic nitrogens is 3. The van der Waals surface area contributed by atoms with Gasteiger partial charge in [-0.3, -0.25) is 19.3 Å². The van der Waals surface area contributed by atoms with Crippen LogP contribution in [0, 0.1) is 5.92 Å². The molecule has 0 fully saturated rings. The van der Waals surface area contributed by atoms with Crippen LogP contribution in [0.4, 0.5) is 0 Å². The molecule has 1 atom stereocenters. The van der Waals surface area contributed by atoms with E-state index < -0.39 is 17.9 Å². The van der Waals surface area contributed by atoms with Crippen LogP contribution < -0.4 is 5.32 Å². The van der Waals surface area contributed by atoms with Gasteiger partial charge in [-0.15, -0.1) is 10.2 Å². The number of carbonyl (C=O) groups is 3. The highest BCUT2D eigenvalue weighted by atomic mass is 16.2. The third kappa shape index (κ3) is 4.24. The van der Waals surface area contributed by atoms with Crippen LogP contribution in [0.5, 0.6) is 0 Å². The van der Waals surface area contributed by atoms with Crippen molar-refractivity contribution in [3.8, 4) is 0 Å². The highest BCUT2D eigenvalue weighted by Crippen LogP contribution is 2.27. The molecule has 164 valence electrons. The average molecular weight is 424 g/mol. The standard InChI is InChI=1S/C23H29N5O3/c1-15(2)14-18(28-22(30)16-8-5-6-9-17(16)23(28)31)21(29)24-12-11-20-26-25-19-10-4-3-7-13-27(19)20/h5-6,8-9,15,18H,3-4,7,10-14H2,1-2H3,(H,24,29)/t18-/m0/s1. The average Bonchev–Trinajstić information content (AvgIpc) is 3.13. The van der Waals surface area contributed by atoms with Crippen molar-refractivity contribution in [2.45, 2.75) is 65.0 Å². The molecule has 1 N–H and O–H groups in total. The number of imide groups is 1. The number of amides is 3. The van der Waals surface area contributed by atoms with E-state index in [9.17, 15) is 14.4 Å². The Kier molecular flexibility index (Phi) is 6.15. The van der Waals surface area contributed by atoms with E-state index in [0.717, 1.165) is 42.4 Å². The Morgan fingerprint density at radius 3 is 2.45 bits per heavy atom. The number of aryl methyl sites for hydroxylation is 1. The molecule has 0 saturated heterocycles. The Morgan fingerprint density at radius 1 is 1.06 bits per heavy atom. The normalized spacial score (nSPS) is 16.8. The molecule has 0 unspecified atom stereocenters. The Bertz CT molecular complexity index is 962. The van der Waals surface area contributed by atoms with E-state index >= 15 is 0 Å². The molecule has 0 radical (unpaired) electrons. The summed E-state index contributed by atoms with van der Waals surface area (Å²) in [4.78, 5) is 40.0. The summed E-state index contributed by atoms with van der Waals surface area (Å²) in [5.74, 6) is 0.931. The first-order valence-electron chi connectivity index (χ1n) is 11.1. The molecule has 2 aliphatic heterocycles. The lowest BCUT2D eigenvalue weighted by Gasteiger charge is -2.26. The third-order valence-electron chi connectivity index (χ3n) is 5.97. The number of hydrogen-bond acceptors (Lipinski definition) is 5. The smallest absolute Gasteiger partial charge is 0.262 e. The molecule has 4 rings (SSSR count). The van der Waals surface area contributed by atoms with Crippen LogP contribution in [-0.2, 0) is 24.2 Å². The number of carbonyl (C=O) groups excluding carboxylic acids is 3. The topological polar surface area (TPSA) is 97.2 Å². The largest absolute Gasteiger partial charge is 0.354 e. The van der Waals surface area contributed by atoms with Gasteiger partial charge in [-0.2, -0.15) is 0 Å². The van der Waals surface area contributed by atoms with Gasteiger partial charge in [0, 0.05) is 25.9 Å². The summed E-state index contributed by atoms with van der Waals surface area (Å²) in [5, 5.41) is 11.5. The molecule has 2 aliphatic rings. The number of rotatable bonds is 7. The minimum Gasteiger partial charge on any atom is -0.354 e. The molecular weight excluding hydrogens is 394 g/mol. The van der Waals surface area contributed by atoms with Crippen molar-refractivity contribution in [1.29, 1.82) is 0 Å². The van der Waals surface area contributed by atoms with E-state index in [0.29, 0.717) is 30.5 Å². The van der Waals surface area contributed by atoms with E-state index in [2.05, 4.69) is 20.1 Å². The van der Waals surface area contributed by atoms with Crippen molar-refractivity contribution in [3.63, 3.8) is 0 Å². The molecular formula is C23H29N5O3. The maximum absolute atomic E-state index is 13.1. The number of benzene rings is 1. The summed E-state index contributed by atoms with van der Waals surface area (Å²) in [6, 6.07) is 5.90. The van der Waals surface area contributed by atoms with Crippen LogP contribution in [-0.4, -0.2) is 50.0 Å². The molecule has 8 heteroatoms. The summed E-state index contributed by atoms with van der Waals surface area (Å²) < 4.78 is 2.16. The minimum atomic E-state index is -0.831. The summed E-state index contributed by atoms with van der Waals surface area (Å²) in [6.07, 6.45) is 5.35. The van der Waals surface area contributed by atoms with E-state index in [-0.39, 0.29) is 11.8 Å². The Labute approximate surface area is 182 Å². The molecule has 0 spiro atoms. The van der Waals surface area contributed by atoms with Gasteiger partial charge in [-0.05, 0) is 37.3 Å². The Hall–Kier alpha value is -3.03. The molecule has 0 saturated carbocycles. The summed E-state index contributed by atoms with van der Waals surface area (Å²) in [7, 11) is 0. The van der Waals surface area contributed by atoms with Gasteiger partial charge >= 0.3 is 0 Å². The van der Waals surface area contributed by atoms with Gasteiger partial charge in [0.05, 0.1) is 11.1 Å². The SMILES string of the molecule is CC(C)C[C@@H](C(=O)NCCc1nnc2n1CCCCC2)N1C(=O)c2ccccc2C1=O. The number of fused-ring (bicyclic) bond motifs is 2. The van der Waals surface area contributed by atoms with Crippen LogP contribution in [0.1, 0.15) is 71.9 Å². The van der Waals surface area contributed by atoms with Crippen LogP contribution >= 0.6 is 0 Å². The molecule has 31 heavy (non-hydrogen) atoms. The van der Waals surface area contributed by atoms with Crippen molar-refractivity contribution in [2.24, 2.45) is 5.92 Å². The van der Waals surface area contributed by atoms with Gasteiger partial charge in [-0.25, -0.2) is 0 Å². The molecule has 0 aliphatic carbocycles. The summed E-state index contributed by atoms with van der Waals surface area (Å²) >= 11 is 0. The van der Waals surface area contributed by atoms with Gasteiger partial charge in [0.2, 0.25) is 5.91 Å². The van der Waals surface area contributed by atoms with Gasteiger partial charge in [-0.1, -0.05) is 32.4 Å². The van der Waals surface area contributed by atoms with E-state index in [4.69, 9.17) is 0 Å². The fourth-order valence-electron chi connectivity index (χ4n) is 4.41. The Balaban J connectivity index is 1.44. The molecule has 3 heterocycles. The van der Waals surface area contributed by atoms with Gasteiger partial charge in [0.15, 0.2) is 0 Å². The lowest BCUT2D eigenvalue weighted by Crippen LogP contribution is -2.50. The first kappa shape index (κ1) is 21.2. The highest BCUT2D eigenvalue weighted by molar-refractivity contribution is 6.22. The van der Waals surface area contributed by atoms with Gasteiger partial charge in [0.25, 0.3) is 11.8 Å². The van der Waals surface area contributed by atoms with E-state index in [1.54, 1.807) is 24.3 Å². The lowest BCUT2D eigenvalue weighted by molar-refractivity contribution is -0.125. The van der Waals surface area contributed by atoms with Crippen LogP contribution in [0.2, 0.25) is 0 Å². The summed E-state index contributed by atoms with van der Waals surface area (Å²) in [6.45, 7) is 5.25. The van der Waals surface area contributed by atoms with Crippen LogP contribution in [0.15, 0.2) is 24.3 Å². The lowest BCUT2D eigenvalue weighted by atomic mass is 10.0. The van der Waals surface area contributed by atoms with Crippen molar-refractivity contribution in [3.05, 3.63) is 47.0 Å². The molecule has 3 amide bonds. The summed E-state index contributed by atoms with van der Waals surface area (Å²) in [5.41, 5.74) is 0.723. The zero-order valence-electron chi connectivity index (χ0n) is 18.1. The highest BCUT2D eigenvalue weighted by Gasteiger charge is 2.42. The molecule has 2 aromatic rings. The fraction of sp³-hybridized carbons (Fsp3) is 0.522. The van der Waals surface area contributed by atoms with Crippen LogP contribution in [0.3, 0.4) is 0 Å². The van der Waals surface area contributed by atoms with Crippen molar-refractivity contribution >= 4 is 17.7 Å². The number of nitrogens with zero attached hydrogens (tertiary/aromatic N) is 4. The zero-order chi connectivity index (χ0) is 22.0. The third-order valence-corrected chi connectivity index (χ3v) is 5.97. The van der Waals surface area contributed by atoms with E-state index in [1.165, 1.54) is 6.42 Å². The molecule has 1 aromatic carbocycles. The second-order valence-corrected chi connectivity index (χ2v) is 8.71. The Morgan fingerprint density at radius 2 is 1.77 bits per heavy atom.